The van der Waals surface area contributed by atoms with Gasteiger partial charge < -0.3 is 9.64 Å². The molecule has 1 atom stereocenters. The third-order valence-corrected chi connectivity index (χ3v) is 4.50. The Balaban J connectivity index is 1.71. The molecule has 2 aliphatic heterocycles. The molecule has 0 aromatic heterocycles. The maximum absolute atomic E-state index is 12.8. The molecule has 5 heteroatoms. The van der Waals surface area contributed by atoms with Crippen LogP contribution in [0.2, 0.25) is 0 Å². The van der Waals surface area contributed by atoms with Gasteiger partial charge in [-0.25, -0.2) is 9.69 Å². The molecule has 3 amide bonds. The highest BCUT2D eigenvalue weighted by Gasteiger charge is 2.47. The molecular weight excluding hydrogens is 292 g/mol. The molecule has 2 aliphatic rings. The number of carbonyl (C=O) groups excluding carboxylic acids is 2. The highest BCUT2D eigenvalue weighted by Crippen LogP contribution is 2.33. The van der Waals surface area contributed by atoms with Crippen molar-refractivity contribution in [3.63, 3.8) is 0 Å². The molecule has 4 rings (SSSR count). The van der Waals surface area contributed by atoms with Crippen molar-refractivity contribution in [2.24, 2.45) is 0 Å². The summed E-state index contributed by atoms with van der Waals surface area (Å²) in [6.07, 6.45) is 0.571. The number of fused-ring (bicyclic) bond motifs is 2. The topological polar surface area (TPSA) is 49.9 Å². The van der Waals surface area contributed by atoms with Gasteiger partial charge in [-0.3, -0.25) is 4.79 Å². The number of nitrogens with zero attached hydrogens (tertiary/aromatic N) is 2. The smallest absolute Gasteiger partial charge is 0.332 e. The predicted octanol–water partition coefficient (Wildman–Crippen LogP) is 2.59. The average molecular weight is 308 g/mol. The molecule has 0 radical (unpaired) electrons. The Labute approximate surface area is 134 Å². The van der Waals surface area contributed by atoms with Crippen LogP contribution in [0.5, 0.6) is 5.75 Å². The molecule has 116 valence electrons. The Morgan fingerprint density at radius 2 is 1.83 bits per heavy atom. The Morgan fingerprint density at radius 1 is 1.04 bits per heavy atom. The molecule has 0 bridgehead atoms. The molecular formula is C18H16N2O3. The molecule has 23 heavy (non-hydrogen) atoms. The van der Waals surface area contributed by atoms with Gasteiger partial charge >= 0.3 is 6.03 Å². The van der Waals surface area contributed by atoms with Crippen molar-refractivity contribution in [3.05, 3.63) is 59.7 Å². The van der Waals surface area contributed by atoms with Gasteiger partial charge in [0.1, 0.15) is 11.8 Å². The molecule has 2 aromatic carbocycles. The summed E-state index contributed by atoms with van der Waals surface area (Å²) in [6, 6.07) is 14.3. The molecule has 5 nitrogen and oxygen atoms in total. The largest absolute Gasteiger partial charge is 0.497 e. The van der Waals surface area contributed by atoms with E-state index < -0.39 is 6.04 Å². The highest BCUT2D eigenvalue weighted by molar-refractivity contribution is 6.21. The van der Waals surface area contributed by atoms with E-state index in [1.807, 2.05) is 24.3 Å². The molecule has 2 heterocycles. The molecule has 0 N–H and O–H groups in total. The lowest BCUT2D eigenvalue weighted by Gasteiger charge is -2.28. The fraction of sp³-hybridized carbons (Fsp3) is 0.222. The van der Waals surface area contributed by atoms with Crippen LogP contribution >= 0.6 is 0 Å². The maximum atomic E-state index is 12.8. The number of amides is 3. The first-order valence-corrected chi connectivity index (χ1v) is 7.54. The summed E-state index contributed by atoms with van der Waals surface area (Å²) in [7, 11) is 1.56. The standard InChI is InChI=1S/C18H16N2O3/c1-23-15-8-4-7-14(10-15)20-17(21)16-9-12-5-2-3-6-13(12)11-19(16)18(20)22/h2-8,10,16H,9,11H2,1H3. The fourth-order valence-electron chi connectivity index (χ4n) is 3.30. The van der Waals surface area contributed by atoms with Crippen LogP contribution in [0, 0.1) is 0 Å². The van der Waals surface area contributed by atoms with Gasteiger partial charge in [0, 0.05) is 19.0 Å². The van der Waals surface area contributed by atoms with E-state index in [1.54, 1.807) is 36.3 Å². The summed E-state index contributed by atoms with van der Waals surface area (Å²) in [6.45, 7) is 0.478. The second kappa shape index (κ2) is 5.12. The third kappa shape index (κ3) is 2.08. The zero-order chi connectivity index (χ0) is 16.0. The molecule has 1 fully saturated rings. The van der Waals surface area contributed by atoms with Gasteiger partial charge in [0.15, 0.2) is 0 Å². The van der Waals surface area contributed by atoms with E-state index >= 15 is 0 Å². The van der Waals surface area contributed by atoms with Crippen LogP contribution in [0.1, 0.15) is 11.1 Å². The van der Waals surface area contributed by atoms with Crippen LogP contribution in [0.25, 0.3) is 0 Å². The molecule has 1 unspecified atom stereocenters. The van der Waals surface area contributed by atoms with Gasteiger partial charge in [0.2, 0.25) is 0 Å². The van der Waals surface area contributed by atoms with E-state index in [9.17, 15) is 9.59 Å². The summed E-state index contributed by atoms with van der Waals surface area (Å²) >= 11 is 0. The van der Waals surface area contributed by atoms with E-state index in [-0.39, 0.29) is 11.9 Å². The maximum Gasteiger partial charge on any atom is 0.332 e. The number of rotatable bonds is 2. The minimum Gasteiger partial charge on any atom is -0.497 e. The summed E-state index contributed by atoms with van der Waals surface area (Å²) in [4.78, 5) is 28.5. The van der Waals surface area contributed by atoms with E-state index in [1.165, 1.54) is 4.90 Å². The Morgan fingerprint density at radius 3 is 2.61 bits per heavy atom. The van der Waals surface area contributed by atoms with Gasteiger partial charge in [-0.2, -0.15) is 0 Å². The second-order valence-corrected chi connectivity index (χ2v) is 5.77. The number of hydrogen-bond acceptors (Lipinski definition) is 3. The number of methoxy groups -OCH3 is 1. The van der Waals surface area contributed by atoms with Crippen molar-refractivity contribution >= 4 is 17.6 Å². The lowest BCUT2D eigenvalue weighted by atomic mass is 9.95. The van der Waals surface area contributed by atoms with Gasteiger partial charge in [0.25, 0.3) is 5.91 Å². The second-order valence-electron chi connectivity index (χ2n) is 5.77. The number of carbonyl (C=O) groups is 2. The Kier molecular flexibility index (Phi) is 3.08. The van der Waals surface area contributed by atoms with Crippen molar-refractivity contribution in [2.75, 3.05) is 12.0 Å². The van der Waals surface area contributed by atoms with Crippen LogP contribution in [-0.4, -0.2) is 30.0 Å². The van der Waals surface area contributed by atoms with Gasteiger partial charge in [-0.1, -0.05) is 30.3 Å². The zero-order valence-corrected chi connectivity index (χ0v) is 12.7. The lowest BCUT2D eigenvalue weighted by molar-refractivity contribution is -0.119. The molecule has 0 aliphatic carbocycles. The third-order valence-electron chi connectivity index (χ3n) is 4.50. The predicted molar refractivity (Wildman–Crippen MR) is 85.4 cm³/mol. The Bertz CT molecular complexity index is 759. The molecule has 2 aromatic rings. The van der Waals surface area contributed by atoms with Crippen LogP contribution in [0.4, 0.5) is 10.5 Å². The van der Waals surface area contributed by atoms with E-state index in [4.69, 9.17) is 4.74 Å². The number of benzene rings is 2. The molecule has 1 saturated heterocycles. The normalized spacial score (nSPS) is 19.6. The summed E-state index contributed by atoms with van der Waals surface area (Å²) in [5.74, 6) is 0.453. The van der Waals surface area contributed by atoms with Crippen molar-refractivity contribution in [1.82, 2.24) is 4.90 Å². The summed E-state index contributed by atoms with van der Waals surface area (Å²) in [5.41, 5.74) is 2.80. The van der Waals surface area contributed by atoms with E-state index in [0.717, 1.165) is 11.1 Å². The fourth-order valence-corrected chi connectivity index (χ4v) is 3.30. The quantitative estimate of drug-likeness (QED) is 0.801. The average Bonchev–Trinajstić information content (AvgIpc) is 2.83. The lowest BCUT2D eigenvalue weighted by Crippen LogP contribution is -2.39. The minimum absolute atomic E-state index is 0.169. The van der Waals surface area contributed by atoms with Crippen LogP contribution < -0.4 is 9.64 Å². The van der Waals surface area contributed by atoms with Gasteiger partial charge in [0.05, 0.1) is 12.8 Å². The minimum atomic E-state index is -0.413. The summed E-state index contributed by atoms with van der Waals surface area (Å²) < 4.78 is 5.19. The van der Waals surface area contributed by atoms with Crippen LogP contribution in [0.15, 0.2) is 48.5 Å². The van der Waals surface area contributed by atoms with Crippen LogP contribution in [-0.2, 0) is 17.8 Å². The van der Waals surface area contributed by atoms with Crippen molar-refractivity contribution in [3.8, 4) is 5.75 Å². The van der Waals surface area contributed by atoms with Crippen LogP contribution in [0.3, 0.4) is 0 Å². The molecule has 0 spiro atoms. The van der Waals surface area contributed by atoms with Gasteiger partial charge in [-0.15, -0.1) is 0 Å². The first-order valence-electron chi connectivity index (χ1n) is 7.54. The van der Waals surface area contributed by atoms with Gasteiger partial charge in [-0.05, 0) is 23.3 Å². The Hall–Kier alpha value is -2.82. The van der Waals surface area contributed by atoms with Crippen molar-refractivity contribution in [1.29, 1.82) is 0 Å². The zero-order valence-electron chi connectivity index (χ0n) is 12.7. The number of urea groups is 1. The number of ether oxygens (including phenoxy) is 1. The number of hydrogen-bond donors (Lipinski definition) is 0. The van der Waals surface area contributed by atoms with E-state index in [0.29, 0.717) is 24.4 Å². The number of imide groups is 1. The first-order chi connectivity index (χ1) is 11.2. The first kappa shape index (κ1) is 13.8. The number of anilines is 1. The highest BCUT2D eigenvalue weighted by atomic mass is 16.5. The SMILES string of the molecule is COc1cccc(N2C(=O)C3Cc4ccccc4CN3C2=O)c1. The van der Waals surface area contributed by atoms with E-state index in [2.05, 4.69) is 0 Å². The molecule has 0 saturated carbocycles. The summed E-state index contributed by atoms with van der Waals surface area (Å²) in [5, 5.41) is 0. The van der Waals surface area contributed by atoms with Crippen molar-refractivity contribution < 1.29 is 14.3 Å². The van der Waals surface area contributed by atoms with Crippen molar-refractivity contribution in [2.45, 2.75) is 19.0 Å². The monoisotopic (exact) mass is 308 g/mol.